The summed E-state index contributed by atoms with van der Waals surface area (Å²) in [7, 11) is 0. The maximum atomic E-state index is 12.9. The van der Waals surface area contributed by atoms with Gasteiger partial charge in [0.15, 0.2) is 0 Å². The van der Waals surface area contributed by atoms with Gasteiger partial charge in [0.25, 0.3) is 0 Å². The maximum absolute atomic E-state index is 12.9. The van der Waals surface area contributed by atoms with Crippen LogP contribution in [0, 0.1) is 5.82 Å². The van der Waals surface area contributed by atoms with E-state index in [9.17, 15) is 4.39 Å². The minimum Gasteiger partial charge on any atom is -0.360 e. The fourth-order valence-electron chi connectivity index (χ4n) is 0.716. The van der Waals surface area contributed by atoms with Gasteiger partial charge in [0.1, 0.15) is 5.82 Å². The molecule has 0 bridgehead atoms. The van der Waals surface area contributed by atoms with Crippen molar-refractivity contribution in [2.45, 2.75) is 0 Å². The van der Waals surface area contributed by atoms with Gasteiger partial charge in [0, 0.05) is 4.47 Å². The van der Waals surface area contributed by atoms with Gasteiger partial charge in [-0.05, 0) is 24.4 Å². The van der Waals surface area contributed by atoms with E-state index in [1.54, 1.807) is 12.1 Å². The number of benzene rings is 1. The lowest BCUT2D eigenvalue weighted by atomic mass is 10.3. The van der Waals surface area contributed by atoms with E-state index in [1.807, 2.05) is 0 Å². The molecule has 1 rings (SSSR count). The predicted molar refractivity (Wildman–Crippen MR) is 47.9 cm³/mol. The molecule has 0 fully saturated rings. The van der Waals surface area contributed by atoms with Crippen molar-refractivity contribution in [3.8, 4) is 0 Å². The summed E-state index contributed by atoms with van der Waals surface area (Å²) in [6.45, 7) is 3.43. The van der Waals surface area contributed by atoms with Crippen LogP contribution >= 0.6 is 15.9 Å². The van der Waals surface area contributed by atoms with Crippen LogP contribution in [0.4, 0.5) is 10.1 Å². The second-order valence-electron chi connectivity index (χ2n) is 1.97. The van der Waals surface area contributed by atoms with Crippen molar-refractivity contribution in [1.82, 2.24) is 0 Å². The molecule has 0 atom stereocenters. The van der Waals surface area contributed by atoms with Crippen molar-refractivity contribution in [2.24, 2.45) is 0 Å². The van der Waals surface area contributed by atoms with Crippen molar-refractivity contribution < 1.29 is 4.39 Å². The summed E-state index contributed by atoms with van der Waals surface area (Å²) in [6, 6.07) is 4.79. The number of hydrogen-bond donors (Lipinski definition) is 1. The molecule has 11 heavy (non-hydrogen) atoms. The zero-order chi connectivity index (χ0) is 8.27. The molecule has 0 aliphatic rings. The van der Waals surface area contributed by atoms with Crippen molar-refractivity contribution in [3.63, 3.8) is 0 Å². The normalized spacial score (nSPS) is 9.27. The average molecular weight is 216 g/mol. The topological polar surface area (TPSA) is 12.0 Å². The smallest absolute Gasteiger partial charge is 0.147 e. The molecular formula is C8H7BrFN. The summed E-state index contributed by atoms with van der Waals surface area (Å²) >= 11 is 3.15. The Morgan fingerprint density at radius 3 is 2.82 bits per heavy atom. The molecule has 0 aliphatic carbocycles. The molecule has 0 heterocycles. The van der Waals surface area contributed by atoms with E-state index >= 15 is 0 Å². The van der Waals surface area contributed by atoms with Gasteiger partial charge in [-0.15, -0.1) is 0 Å². The number of hydrogen-bond acceptors (Lipinski definition) is 1. The quantitative estimate of drug-likeness (QED) is 0.800. The van der Waals surface area contributed by atoms with E-state index < -0.39 is 0 Å². The lowest BCUT2D eigenvalue weighted by Gasteiger charge is -2.01. The second kappa shape index (κ2) is 3.53. The molecule has 3 heteroatoms. The van der Waals surface area contributed by atoms with E-state index in [2.05, 4.69) is 27.8 Å². The second-order valence-corrected chi connectivity index (χ2v) is 2.89. The highest BCUT2D eigenvalue weighted by Crippen LogP contribution is 2.18. The molecule has 1 aromatic rings. The van der Waals surface area contributed by atoms with Gasteiger partial charge in [-0.1, -0.05) is 22.5 Å². The van der Waals surface area contributed by atoms with Crippen LogP contribution in [0.25, 0.3) is 0 Å². The van der Waals surface area contributed by atoms with Gasteiger partial charge in [0.05, 0.1) is 5.69 Å². The van der Waals surface area contributed by atoms with Crippen LogP contribution in [0.1, 0.15) is 0 Å². The average Bonchev–Trinajstić information content (AvgIpc) is 1.95. The lowest BCUT2D eigenvalue weighted by Crippen LogP contribution is -1.89. The van der Waals surface area contributed by atoms with Crippen LogP contribution in [0.15, 0.2) is 35.5 Å². The van der Waals surface area contributed by atoms with Crippen LogP contribution in [-0.4, -0.2) is 0 Å². The first kappa shape index (κ1) is 8.27. The largest absolute Gasteiger partial charge is 0.360 e. The van der Waals surface area contributed by atoms with Crippen molar-refractivity contribution in [3.05, 3.63) is 41.3 Å². The van der Waals surface area contributed by atoms with Crippen LogP contribution in [0.5, 0.6) is 0 Å². The van der Waals surface area contributed by atoms with Crippen LogP contribution < -0.4 is 5.32 Å². The van der Waals surface area contributed by atoms with E-state index in [0.717, 1.165) is 4.47 Å². The monoisotopic (exact) mass is 215 g/mol. The Bertz CT molecular complexity index is 273. The summed E-state index contributed by atoms with van der Waals surface area (Å²) in [6.07, 6.45) is 1.44. The highest BCUT2D eigenvalue weighted by molar-refractivity contribution is 9.10. The Hall–Kier alpha value is -0.830. The van der Waals surface area contributed by atoms with Gasteiger partial charge < -0.3 is 5.32 Å². The zero-order valence-corrected chi connectivity index (χ0v) is 7.36. The molecule has 1 N–H and O–H groups in total. The Balaban J connectivity index is 2.98. The van der Waals surface area contributed by atoms with E-state index in [-0.39, 0.29) is 5.82 Å². The number of rotatable bonds is 2. The van der Waals surface area contributed by atoms with Crippen molar-refractivity contribution >= 4 is 21.6 Å². The molecular weight excluding hydrogens is 209 g/mol. The molecule has 0 saturated heterocycles. The Kier molecular flexibility index (Phi) is 2.65. The molecule has 0 aromatic heterocycles. The van der Waals surface area contributed by atoms with E-state index in [1.165, 1.54) is 12.3 Å². The Labute approximate surface area is 73.1 Å². The van der Waals surface area contributed by atoms with Crippen LogP contribution in [-0.2, 0) is 0 Å². The Morgan fingerprint density at radius 1 is 1.55 bits per heavy atom. The molecule has 0 spiro atoms. The number of nitrogens with one attached hydrogen (secondary N) is 1. The molecule has 0 unspecified atom stereocenters. The van der Waals surface area contributed by atoms with Crippen molar-refractivity contribution in [1.29, 1.82) is 0 Å². The summed E-state index contributed by atoms with van der Waals surface area (Å²) in [5.74, 6) is -0.292. The Morgan fingerprint density at radius 2 is 2.27 bits per heavy atom. The first-order valence-corrected chi connectivity index (χ1v) is 3.86. The highest BCUT2D eigenvalue weighted by atomic mass is 79.9. The predicted octanol–water partition coefficient (Wildman–Crippen LogP) is 3.14. The number of anilines is 1. The molecule has 0 saturated carbocycles. The van der Waals surface area contributed by atoms with Gasteiger partial charge >= 0.3 is 0 Å². The molecule has 58 valence electrons. The van der Waals surface area contributed by atoms with Crippen LogP contribution in [0.3, 0.4) is 0 Å². The third-order valence-corrected chi connectivity index (χ3v) is 1.68. The molecule has 0 aliphatic heterocycles. The third kappa shape index (κ3) is 2.05. The third-order valence-electron chi connectivity index (χ3n) is 1.19. The minimum atomic E-state index is -0.292. The summed E-state index contributed by atoms with van der Waals surface area (Å²) in [5.41, 5.74) is 0.434. The van der Waals surface area contributed by atoms with Crippen molar-refractivity contribution in [2.75, 3.05) is 5.32 Å². The number of halogens is 2. The molecule has 0 radical (unpaired) electrons. The van der Waals surface area contributed by atoms with Gasteiger partial charge in [-0.3, -0.25) is 0 Å². The maximum Gasteiger partial charge on any atom is 0.147 e. The molecule has 1 aromatic carbocycles. The summed E-state index contributed by atoms with van der Waals surface area (Å²) in [4.78, 5) is 0. The molecule has 0 amide bonds. The minimum absolute atomic E-state index is 0.292. The lowest BCUT2D eigenvalue weighted by molar-refractivity contribution is 0.631. The van der Waals surface area contributed by atoms with Gasteiger partial charge in [-0.2, -0.15) is 0 Å². The fourth-order valence-corrected chi connectivity index (χ4v) is 1.05. The van der Waals surface area contributed by atoms with Gasteiger partial charge in [0.2, 0.25) is 0 Å². The zero-order valence-electron chi connectivity index (χ0n) is 5.77. The highest BCUT2D eigenvalue weighted by Gasteiger charge is 1.98. The standard InChI is InChI=1S/C8H7BrFN/c1-2-11-8-4-3-6(9)5-7(8)10/h2-5,11H,1H2. The SMILES string of the molecule is C=CNc1ccc(Br)cc1F. The first-order chi connectivity index (χ1) is 5.24. The van der Waals surface area contributed by atoms with E-state index in [0.29, 0.717) is 5.69 Å². The molecule has 1 nitrogen and oxygen atoms in total. The van der Waals surface area contributed by atoms with Gasteiger partial charge in [-0.25, -0.2) is 4.39 Å². The summed E-state index contributed by atoms with van der Waals surface area (Å²) in [5, 5.41) is 2.67. The first-order valence-electron chi connectivity index (χ1n) is 3.06. The fraction of sp³-hybridized carbons (Fsp3) is 0. The van der Waals surface area contributed by atoms with E-state index in [4.69, 9.17) is 0 Å². The summed E-state index contributed by atoms with van der Waals surface area (Å²) < 4.78 is 13.6. The van der Waals surface area contributed by atoms with Crippen LogP contribution in [0.2, 0.25) is 0 Å².